The number of carbonyl (C=O) groups is 1. The fraction of sp³-hybridized carbons (Fsp3) is 0.333. The van der Waals surface area contributed by atoms with Crippen molar-refractivity contribution in [2.24, 2.45) is 13.0 Å². The second-order valence-electron chi connectivity index (χ2n) is 5.01. The van der Waals surface area contributed by atoms with Crippen LogP contribution < -0.4 is 5.32 Å². The van der Waals surface area contributed by atoms with Crippen molar-refractivity contribution in [2.75, 3.05) is 0 Å². The Morgan fingerprint density at radius 3 is 2.47 bits per heavy atom. The molecular formula is C15H19N3O. The number of hydrogen-bond donors (Lipinski definition) is 1. The minimum absolute atomic E-state index is 0.00825. The molecule has 0 aliphatic carbocycles. The molecule has 0 saturated carbocycles. The first-order valence-electron chi connectivity index (χ1n) is 6.42. The highest BCUT2D eigenvalue weighted by molar-refractivity contribution is 5.93. The molecule has 2 rings (SSSR count). The molecule has 0 aliphatic heterocycles. The number of rotatable bonds is 4. The third kappa shape index (κ3) is 3.22. The summed E-state index contributed by atoms with van der Waals surface area (Å²) in [6, 6.07) is 10.0. The van der Waals surface area contributed by atoms with Gasteiger partial charge >= 0.3 is 0 Å². The van der Waals surface area contributed by atoms with Crippen molar-refractivity contribution >= 4 is 5.91 Å². The highest BCUT2D eigenvalue weighted by Crippen LogP contribution is 2.21. The number of nitrogens with one attached hydrogen (secondary N) is 1. The minimum atomic E-state index is -0.0874. The zero-order valence-electron chi connectivity index (χ0n) is 11.5. The zero-order valence-corrected chi connectivity index (χ0v) is 11.5. The summed E-state index contributed by atoms with van der Waals surface area (Å²) in [4.78, 5) is 12.2. The van der Waals surface area contributed by atoms with Crippen LogP contribution in [0.15, 0.2) is 42.7 Å². The molecule has 0 saturated heterocycles. The van der Waals surface area contributed by atoms with E-state index in [4.69, 9.17) is 0 Å². The Morgan fingerprint density at radius 2 is 1.95 bits per heavy atom. The number of nitrogens with zero attached hydrogens (tertiary/aromatic N) is 2. The van der Waals surface area contributed by atoms with Gasteiger partial charge in [0.05, 0.1) is 17.8 Å². The Hall–Kier alpha value is -2.10. The van der Waals surface area contributed by atoms with Gasteiger partial charge in [0, 0.05) is 13.2 Å². The van der Waals surface area contributed by atoms with Gasteiger partial charge in [-0.3, -0.25) is 9.48 Å². The molecule has 1 amide bonds. The highest BCUT2D eigenvalue weighted by atomic mass is 16.1. The second-order valence-corrected chi connectivity index (χ2v) is 5.01. The van der Waals surface area contributed by atoms with Crippen LogP contribution >= 0.6 is 0 Å². The van der Waals surface area contributed by atoms with E-state index in [0.717, 1.165) is 5.56 Å². The van der Waals surface area contributed by atoms with Gasteiger partial charge in [0.1, 0.15) is 0 Å². The van der Waals surface area contributed by atoms with Crippen LogP contribution in [0.4, 0.5) is 0 Å². The summed E-state index contributed by atoms with van der Waals surface area (Å²) < 4.78 is 1.63. The van der Waals surface area contributed by atoms with Crippen molar-refractivity contribution in [1.82, 2.24) is 15.1 Å². The van der Waals surface area contributed by atoms with Crippen LogP contribution in [0.1, 0.15) is 35.8 Å². The summed E-state index contributed by atoms with van der Waals surface area (Å²) >= 11 is 0. The molecule has 1 N–H and O–H groups in total. The molecule has 0 radical (unpaired) electrons. The SMILES string of the molecule is CC(C)C(NC(=O)c1cnn(C)c1)c1ccccc1. The average molecular weight is 257 g/mol. The molecule has 1 aromatic heterocycles. The molecule has 1 unspecified atom stereocenters. The van der Waals surface area contributed by atoms with Gasteiger partial charge in [-0.25, -0.2) is 0 Å². The van der Waals surface area contributed by atoms with Crippen molar-refractivity contribution in [3.8, 4) is 0 Å². The molecule has 1 aromatic carbocycles. The Kier molecular flexibility index (Phi) is 4.00. The quantitative estimate of drug-likeness (QED) is 0.915. The third-order valence-electron chi connectivity index (χ3n) is 3.08. The van der Waals surface area contributed by atoms with Crippen LogP contribution in [0.25, 0.3) is 0 Å². The largest absolute Gasteiger partial charge is 0.345 e. The van der Waals surface area contributed by atoms with Gasteiger partial charge in [0.2, 0.25) is 0 Å². The monoisotopic (exact) mass is 257 g/mol. The van der Waals surface area contributed by atoms with Gasteiger partial charge in [0.15, 0.2) is 0 Å². The third-order valence-corrected chi connectivity index (χ3v) is 3.08. The molecule has 2 aromatic rings. The maximum Gasteiger partial charge on any atom is 0.254 e. The first-order valence-corrected chi connectivity index (χ1v) is 6.42. The van der Waals surface area contributed by atoms with Crippen LogP contribution in [-0.4, -0.2) is 15.7 Å². The fourth-order valence-electron chi connectivity index (χ4n) is 2.06. The topological polar surface area (TPSA) is 46.9 Å². The van der Waals surface area contributed by atoms with Crippen molar-refractivity contribution in [1.29, 1.82) is 0 Å². The van der Waals surface area contributed by atoms with Gasteiger partial charge in [0.25, 0.3) is 5.91 Å². The summed E-state index contributed by atoms with van der Waals surface area (Å²) in [5.41, 5.74) is 1.71. The van der Waals surface area contributed by atoms with Crippen LogP contribution in [0.3, 0.4) is 0 Å². The maximum atomic E-state index is 12.2. The number of hydrogen-bond acceptors (Lipinski definition) is 2. The molecule has 4 nitrogen and oxygen atoms in total. The molecule has 1 heterocycles. The van der Waals surface area contributed by atoms with Crippen LogP contribution in [-0.2, 0) is 7.05 Å². The molecule has 1 atom stereocenters. The lowest BCUT2D eigenvalue weighted by atomic mass is 9.96. The standard InChI is InChI=1S/C15H19N3O/c1-11(2)14(12-7-5-4-6-8-12)17-15(19)13-9-16-18(3)10-13/h4-11,14H,1-3H3,(H,17,19). The van der Waals surface area contributed by atoms with E-state index in [1.165, 1.54) is 0 Å². The summed E-state index contributed by atoms with van der Waals surface area (Å²) in [7, 11) is 1.80. The van der Waals surface area contributed by atoms with Crippen molar-refractivity contribution in [2.45, 2.75) is 19.9 Å². The van der Waals surface area contributed by atoms with Gasteiger partial charge < -0.3 is 5.32 Å². The number of aromatic nitrogens is 2. The Labute approximate surface area is 113 Å². The lowest BCUT2D eigenvalue weighted by Crippen LogP contribution is -2.31. The Balaban J connectivity index is 2.16. The van der Waals surface area contributed by atoms with Gasteiger partial charge in [-0.05, 0) is 11.5 Å². The van der Waals surface area contributed by atoms with E-state index in [2.05, 4.69) is 24.3 Å². The van der Waals surface area contributed by atoms with Crippen LogP contribution in [0.2, 0.25) is 0 Å². The van der Waals surface area contributed by atoms with Crippen LogP contribution in [0.5, 0.6) is 0 Å². The van der Waals surface area contributed by atoms with Crippen molar-refractivity contribution in [3.63, 3.8) is 0 Å². The van der Waals surface area contributed by atoms with Crippen molar-refractivity contribution in [3.05, 3.63) is 53.9 Å². The van der Waals surface area contributed by atoms with E-state index in [1.807, 2.05) is 30.3 Å². The van der Waals surface area contributed by atoms with Crippen LogP contribution in [0, 0.1) is 5.92 Å². The lowest BCUT2D eigenvalue weighted by Gasteiger charge is -2.22. The van der Waals surface area contributed by atoms with E-state index >= 15 is 0 Å². The second kappa shape index (κ2) is 5.69. The lowest BCUT2D eigenvalue weighted by molar-refractivity contribution is 0.0925. The summed E-state index contributed by atoms with van der Waals surface area (Å²) in [5.74, 6) is 0.235. The molecule has 0 aliphatic rings. The number of aryl methyl sites for hydroxylation is 1. The molecule has 0 bridgehead atoms. The maximum absolute atomic E-state index is 12.2. The predicted octanol–water partition coefficient (Wildman–Crippen LogP) is 2.55. The highest BCUT2D eigenvalue weighted by Gasteiger charge is 2.19. The minimum Gasteiger partial charge on any atom is -0.345 e. The predicted molar refractivity (Wildman–Crippen MR) is 74.7 cm³/mol. The van der Waals surface area contributed by atoms with E-state index in [0.29, 0.717) is 11.5 Å². The average Bonchev–Trinajstić information content (AvgIpc) is 2.83. The Bertz CT molecular complexity index is 546. The first kappa shape index (κ1) is 13.3. The van der Waals surface area contributed by atoms with E-state index in [9.17, 15) is 4.79 Å². The van der Waals surface area contributed by atoms with E-state index in [1.54, 1.807) is 24.1 Å². The van der Waals surface area contributed by atoms with Gasteiger partial charge in [-0.2, -0.15) is 5.10 Å². The van der Waals surface area contributed by atoms with Gasteiger partial charge in [-0.15, -0.1) is 0 Å². The molecule has 19 heavy (non-hydrogen) atoms. The first-order chi connectivity index (χ1) is 9.08. The molecular weight excluding hydrogens is 238 g/mol. The molecule has 0 fully saturated rings. The number of carbonyl (C=O) groups excluding carboxylic acids is 1. The summed E-state index contributed by atoms with van der Waals surface area (Å²) in [5, 5.41) is 7.09. The number of amides is 1. The fourth-order valence-corrected chi connectivity index (χ4v) is 2.06. The number of benzene rings is 1. The molecule has 4 heteroatoms. The van der Waals surface area contributed by atoms with Gasteiger partial charge in [-0.1, -0.05) is 44.2 Å². The summed E-state index contributed by atoms with van der Waals surface area (Å²) in [6.07, 6.45) is 3.30. The molecule has 0 spiro atoms. The van der Waals surface area contributed by atoms with E-state index < -0.39 is 0 Å². The van der Waals surface area contributed by atoms with E-state index in [-0.39, 0.29) is 11.9 Å². The Morgan fingerprint density at radius 1 is 1.26 bits per heavy atom. The molecule has 100 valence electrons. The smallest absolute Gasteiger partial charge is 0.254 e. The normalized spacial score (nSPS) is 12.4. The zero-order chi connectivity index (χ0) is 13.8. The summed E-state index contributed by atoms with van der Waals surface area (Å²) in [6.45, 7) is 4.20. The van der Waals surface area contributed by atoms with Crippen molar-refractivity contribution < 1.29 is 4.79 Å².